The van der Waals surface area contributed by atoms with E-state index < -0.39 is 0 Å². The number of thioether (sulfide) groups is 1. The monoisotopic (exact) mass is 340 g/mol. The van der Waals surface area contributed by atoms with E-state index in [0.29, 0.717) is 10.7 Å². The molecule has 2 aromatic carbocycles. The van der Waals surface area contributed by atoms with E-state index in [1.807, 2.05) is 43.4 Å². The van der Waals surface area contributed by atoms with Crippen molar-refractivity contribution in [3.63, 3.8) is 0 Å². The average Bonchev–Trinajstić information content (AvgIpc) is 2.60. The summed E-state index contributed by atoms with van der Waals surface area (Å²) < 4.78 is 0. The van der Waals surface area contributed by atoms with Gasteiger partial charge in [0.2, 0.25) is 0 Å². The molecule has 0 amide bonds. The molecule has 2 rings (SSSR count). The molecular weight excluding hydrogens is 316 g/mol. The molecule has 0 aliphatic heterocycles. The Morgan fingerprint density at radius 1 is 1.12 bits per heavy atom. The van der Waals surface area contributed by atoms with E-state index in [-0.39, 0.29) is 0 Å². The third kappa shape index (κ3) is 4.63. The molecule has 0 saturated carbocycles. The van der Waals surface area contributed by atoms with E-state index in [4.69, 9.17) is 11.1 Å². The van der Waals surface area contributed by atoms with Gasteiger partial charge in [0.15, 0.2) is 0 Å². The lowest BCUT2D eigenvalue weighted by molar-refractivity contribution is 0.733. The zero-order chi connectivity index (χ0) is 17.5. The number of nitrogens with one attached hydrogen (secondary N) is 2. The van der Waals surface area contributed by atoms with Crippen LogP contribution in [0.25, 0.3) is 5.70 Å². The standard InChI is InChI=1S/C19H24N4S/c1-4-23(13-22-3)17-9-5-16(6-10-17)19(21)24-18-11-7-15(8-12-18)14(2)20/h5-12,21-22H,2,4,13,20H2,1,3H3. The summed E-state index contributed by atoms with van der Waals surface area (Å²) in [5.74, 6) is 0. The van der Waals surface area contributed by atoms with Crippen LogP contribution < -0.4 is 16.0 Å². The van der Waals surface area contributed by atoms with Crippen LogP contribution in [-0.4, -0.2) is 25.3 Å². The molecule has 0 fully saturated rings. The van der Waals surface area contributed by atoms with Gasteiger partial charge in [-0.2, -0.15) is 0 Å². The second-order valence-electron chi connectivity index (χ2n) is 5.40. The van der Waals surface area contributed by atoms with Crippen molar-refractivity contribution in [2.75, 3.05) is 25.2 Å². The van der Waals surface area contributed by atoms with Crippen LogP contribution in [0.15, 0.2) is 60.0 Å². The highest BCUT2D eigenvalue weighted by molar-refractivity contribution is 8.14. The third-order valence-corrected chi connectivity index (χ3v) is 4.62. The Bertz CT molecular complexity index is 692. The number of anilines is 1. The molecule has 4 N–H and O–H groups in total. The first-order chi connectivity index (χ1) is 11.5. The molecule has 2 aromatic rings. The van der Waals surface area contributed by atoms with Crippen LogP contribution in [-0.2, 0) is 0 Å². The molecule has 0 spiro atoms. The fraction of sp³-hybridized carbons (Fsp3) is 0.211. The summed E-state index contributed by atoms with van der Waals surface area (Å²) in [5, 5.41) is 12.0. The maximum Gasteiger partial charge on any atom is 0.0990 e. The molecule has 0 bridgehead atoms. The minimum absolute atomic E-state index is 0.525. The Labute approximate surface area is 148 Å². The van der Waals surface area contributed by atoms with E-state index in [1.54, 1.807) is 0 Å². The number of nitrogens with zero attached hydrogens (tertiary/aromatic N) is 1. The highest BCUT2D eigenvalue weighted by atomic mass is 32.2. The lowest BCUT2D eigenvalue weighted by Gasteiger charge is -2.22. The van der Waals surface area contributed by atoms with Crippen molar-refractivity contribution in [2.24, 2.45) is 5.73 Å². The molecule has 5 heteroatoms. The molecule has 0 aromatic heterocycles. The van der Waals surface area contributed by atoms with Crippen LogP contribution in [0.3, 0.4) is 0 Å². The Hall–Kier alpha value is -2.24. The Kier molecular flexibility index (Phi) is 6.46. The Balaban J connectivity index is 2.05. The maximum absolute atomic E-state index is 8.30. The molecule has 0 aliphatic carbocycles. The minimum atomic E-state index is 0.525. The fourth-order valence-corrected chi connectivity index (χ4v) is 3.08. The molecule has 0 saturated heterocycles. The summed E-state index contributed by atoms with van der Waals surface area (Å²) in [6, 6.07) is 15.9. The molecule has 0 heterocycles. The highest BCUT2D eigenvalue weighted by Gasteiger charge is 2.07. The zero-order valence-corrected chi connectivity index (χ0v) is 15.0. The molecule has 0 aliphatic rings. The van der Waals surface area contributed by atoms with Crippen molar-refractivity contribution in [1.29, 1.82) is 5.41 Å². The number of benzene rings is 2. The van der Waals surface area contributed by atoms with Gasteiger partial charge in [0.25, 0.3) is 0 Å². The number of nitrogens with two attached hydrogens (primary N) is 1. The zero-order valence-electron chi connectivity index (χ0n) is 14.2. The summed E-state index contributed by atoms with van der Waals surface area (Å²) in [7, 11) is 1.94. The van der Waals surface area contributed by atoms with Gasteiger partial charge in [-0.05, 0) is 43.8 Å². The Morgan fingerprint density at radius 2 is 1.71 bits per heavy atom. The summed E-state index contributed by atoms with van der Waals surface area (Å²) >= 11 is 1.43. The van der Waals surface area contributed by atoms with E-state index in [2.05, 4.69) is 35.9 Å². The fourth-order valence-electron chi connectivity index (χ4n) is 2.31. The van der Waals surface area contributed by atoms with Gasteiger partial charge in [0, 0.05) is 28.4 Å². The van der Waals surface area contributed by atoms with Gasteiger partial charge in [-0.1, -0.05) is 42.6 Å². The molecule has 4 nitrogen and oxygen atoms in total. The van der Waals surface area contributed by atoms with Gasteiger partial charge < -0.3 is 16.0 Å². The van der Waals surface area contributed by atoms with E-state index in [9.17, 15) is 0 Å². The molecule has 126 valence electrons. The van der Waals surface area contributed by atoms with Crippen molar-refractivity contribution in [3.8, 4) is 0 Å². The topological polar surface area (TPSA) is 65.1 Å². The maximum atomic E-state index is 8.30. The van der Waals surface area contributed by atoms with Crippen LogP contribution in [0.2, 0.25) is 0 Å². The summed E-state index contributed by atoms with van der Waals surface area (Å²) in [4.78, 5) is 3.25. The van der Waals surface area contributed by atoms with Crippen molar-refractivity contribution in [1.82, 2.24) is 5.32 Å². The third-order valence-electron chi connectivity index (χ3n) is 3.67. The molecular formula is C19H24N4S. The van der Waals surface area contributed by atoms with Crippen LogP contribution >= 0.6 is 11.8 Å². The smallest absolute Gasteiger partial charge is 0.0990 e. The van der Waals surface area contributed by atoms with Crippen molar-refractivity contribution >= 4 is 28.2 Å². The summed E-state index contributed by atoms with van der Waals surface area (Å²) in [5.41, 5.74) is 9.21. The van der Waals surface area contributed by atoms with Gasteiger partial charge in [0.1, 0.15) is 0 Å². The van der Waals surface area contributed by atoms with Gasteiger partial charge in [-0.3, -0.25) is 5.41 Å². The van der Waals surface area contributed by atoms with Gasteiger partial charge >= 0.3 is 0 Å². The van der Waals surface area contributed by atoms with Crippen LogP contribution in [0, 0.1) is 5.41 Å². The summed E-state index contributed by atoms with van der Waals surface area (Å²) in [6.07, 6.45) is 0. The van der Waals surface area contributed by atoms with Crippen molar-refractivity contribution < 1.29 is 0 Å². The lowest BCUT2D eigenvalue weighted by Crippen LogP contribution is -2.31. The van der Waals surface area contributed by atoms with Crippen LogP contribution in [0.4, 0.5) is 5.69 Å². The Morgan fingerprint density at radius 3 is 2.21 bits per heavy atom. The van der Waals surface area contributed by atoms with E-state index in [1.165, 1.54) is 11.8 Å². The predicted octanol–water partition coefficient (Wildman–Crippen LogP) is 3.74. The summed E-state index contributed by atoms with van der Waals surface area (Å²) in [6.45, 7) is 7.60. The van der Waals surface area contributed by atoms with E-state index >= 15 is 0 Å². The quantitative estimate of drug-likeness (QED) is 0.311. The molecule has 0 unspecified atom stereocenters. The van der Waals surface area contributed by atoms with Gasteiger partial charge in [0.05, 0.1) is 11.7 Å². The molecule has 24 heavy (non-hydrogen) atoms. The van der Waals surface area contributed by atoms with Crippen molar-refractivity contribution in [2.45, 2.75) is 11.8 Å². The average molecular weight is 340 g/mol. The van der Waals surface area contributed by atoms with Crippen LogP contribution in [0.5, 0.6) is 0 Å². The molecule has 0 radical (unpaired) electrons. The number of hydrogen-bond donors (Lipinski definition) is 3. The second kappa shape index (κ2) is 8.57. The highest BCUT2D eigenvalue weighted by Crippen LogP contribution is 2.25. The first-order valence-electron chi connectivity index (χ1n) is 7.86. The SMILES string of the molecule is C=C(N)c1ccc(SC(=N)c2ccc(N(CC)CNC)cc2)cc1. The van der Waals surface area contributed by atoms with Crippen molar-refractivity contribution in [3.05, 3.63) is 66.2 Å². The second-order valence-corrected chi connectivity index (χ2v) is 6.48. The minimum Gasteiger partial charge on any atom is -0.399 e. The van der Waals surface area contributed by atoms with Gasteiger partial charge in [-0.25, -0.2) is 0 Å². The largest absolute Gasteiger partial charge is 0.399 e. The lowest BCUT2D eigenvalue weighted by atomic mass is 10.2. The van der Waals surface area contributed by atoms with Gasteiger partial charge in [-0.15, -0.1) is 0 Å². The number of hydrogen-bond acceptors (Lipinski definition) is 5. The van der Waals surface area contributed by atoms with Crippen LogP contribution in [0.1, 0.15) is 18.1 Å². The predicted molar refractivity (Wildman–Crippen MR) is 106 cm³/mol. The first-order valence-corrected chi connectivity index (χ1v) is 8.68. The first kappa shape index (κ1) is 18.1. The number of rotatable bonds is 7. The van der Waals surface area contributed by atoms with E-state index in [0.717, 1.165) is 34.9 Å². The molecule has 0 atom stereocenters. The normalized spacial score (nSPS) is 10.4.